The summed E-state index contributed by atoms with van der Waals surface area (Å²) in [6.45, 7) is 3.12. The second kappa shape index (κ2) is 14.5. The predicted molar refractivity (Wildman–Crippen MR) is 134 cm³/mol. The van der Waals surface area contributed by atoms with Gasteiger partial charge in [-0.1, -0.05) is 62.9 Å². The van der Waals surface area contributed by atoms with Crippen molar-refractivity contribution >= 4 is 11.9 Å². The van der Waals surface area contributed by atoms with Gasteiger partial charge in [0, 0.05) is 0 Å². The lowest BCUT2D eigenvalue weighted by Crippen LogP contribution is -2.15. The van der Waals surface area contributed by atoms with Crippen LogP contribution in [-0.4, -0.2) is 31.8 Å². The largest absolute Gasteiger partial charge is 0.494 e. The minimum absolute atomic E-state index is 0.0655. The Morgan fingerprint density at radius 3 is 2.06 bits per heavy atom. The number of para-hydroxylation sites is 2. The molecule has 0 aliphatic heterocycles. The summed E-state index contributed by atoms with van der Waals surface area (Å²) in [4.78, 5) is 25.2. The second-order valence-corrected chi connectivity index (χ2v) is 7.97. The molecule has 3 rings (SSSR count). The van der Waals surface area contributed by atoms with Crippen molar-refractivity contribution in [2.45, 2.75) is 39.0 Å². The average Bonchev–Trinajstić information content (AvgIpc) is 2.90. The molecule has 3 aromatic rings. The molecule has 0 heterocycles. The highest BCUT2D eigenvalue weighted by atomic mass is 16.6. The van der Waals surface area contributed by atoms with Gasteiger partial charge in [-0.3, -0.25) is 0 Å². The van der Waals surface area contributed by atoms with E-state index in [1.165, 1.54) is 19.3 Å². The molecule has 0 bridgehead atoms. The lowest BCUT2D eigenvalue weighted by molar-refractivity contribution is 0.0445. The van der Waals surface area contributed by atoms with E-state index in [4.69, 9.17) is 18.9 Å². The first-order valence-corrected chi connectivity index (χ1v) is 12.1. The van der Waals surface area contributed by atoms with Crippen LogP contribution >= 0.6 is 0 Å². The van der Waals surface area contributed by atoms with Crippen LogP contribution < -0.4 is 14.2 Å². The first-order valence-electron chi connectivity index (χ1n) is 12.1. The van der Waals surface area contributed by atoms with E-state index >= 15 is 0 Å². The third-order valence-electron chi connectivity index (χ3n) is 5.24. The van der Waals surface area contributed by atoms with Gasteiger partial charge in [0.05, 0.1) is 12.2 Å². The molecule has 0 spiro atoms. The minimum Gasteiger partial charge on any atom is -0.494 e. The SMILES string of the molecule is CCCCCCCOc1ccc(C(=O)Oc2ccccc2C(=O)OCCOc2ccccc2)cc1. The zero-order valence-electron chi connectivity index (χ0n) is 20.1. The zero-order chi connectivity index (χ0) is 24.7. The van der Waals surface area contributed by atoms with Gasteiger partial charge >= 0.3 is 11.9 Å². The Hall–Kier alpha value is -3.80. The summed E-state index contributed by atoms with van der Waals surface area (Å²) in [5.74, 6) is 0.385. The van der Waals surface area contributed by atoms with Crippen LogP contribution in [0.5, 0.6) is 17.2 Å². The molecule has 0 radical (unpaired) electrons. The number of rotatable bonds is 14. The highest BCUT2D eigenvalue weighted by molar-refractivity contribution is 5.96. The van der Waals surface area contributed by atoms with E-state index in [9.17, 15) is 9.59 Å². The first kappa shape index (κ1) is 25.8. The van der Waals surface area contributed by atoms with Crippen molar-refractivity contribution in [2.24, 2.45) is 0 Å². The van der Waals surface area contributed by atoms with Gasteiger partial charge in [-0.25, -0.2) is 9.59 Å². The fourth-order valence-electron chi connectivity index (χ4n) is 3.35. The number of carbonyl (C=O) groups excluding carboxylic acids is 2. The second-order valence-electron chi connectivity index (χ2n) is 7.97. The standard InChI is InChI=1S/C29H32O6/c1-2-3-4-5-11-20-32-25-18-16-23(17-19-25)28(30)35-27-15-10-9-14-26(27)29(31)34-22-21-33-24-12-7-6-8-13-24/h6-10,12-19H,2-5,11,20-22H2,1H3. The summed E-state index contributed by atoms with van der Waals surface area (Å²) < 4.78 is 22.1. The molecule has 3 aromatic carbocycles. The number of hydrogen-bond donors (Lipinski definition) is 0. The first-order chi connectivity index (χ1) is 17.2. The van der Waals surface area contributed by atoms with Crippen LogP contribution in [0.4, 0.5) is 0 Å². The Morgan fingerprint density at radius 2 is 1.29 bits per heavy atom. The van der Waals surface area contributed by atoms with Crippen LogP contribution in [0.3, 0.4) is 0 Å². The van der Waals surface area contributed by atoms with Gasteiger partial charge in [-0.2, -0.15) is 0 Å². The predicted octanol–water partition coefficient (Wildman–Crippen LogP) is 6.49. The molecule has 184 valence electrons. The molecule has 6 heteroatoms. The van der Waals surface area contributed by atoms with Gasteiger partial charge in [-0.15, -0.1) is 0 Å². The van der Waals surface area contributed by atoms with E-state index in [-0.39, 0.29) is 24.5 Å². The average molecular weight is 477 g/mol. The molecule has 0 N–H and O–H groups in total. The molecule has 0 aliphatic carbocycles. The number of hydrogen-bond acceptors (Lipinski definition) is 6. The highest BCUT2D eigenvalue weighted by Crippen LogP contribution is 2.21. The topological polar surface area (TPSA) is 71.1 Å². The normalized spacial score (nSPS) is 10.4. The van der Waals surface area contributed by atoms with Crippen molar-refractivity contribution in [1.82, 2.24) is 0 Å². The molecule has 6 nitrogen and oxygen atoms in total. The Kier molecular flexibility index (Phi) is 10.7. The molecule has 0 aliphatic rings. The molecule has 0 amide bonds. The monoisotopic (exact) mass is 476 g/mol. The molecule has 0 saturated carbocycles. The van der Waals surface area contributed by atoms with Crippen LogP contribution in [0.2, 0.25) is 0 Å². The minimum atomic E-state index is -0.590. The maximum atomic E-state index is 12.6. The molecular formula is C29H32O6. The Balaban J connectivity index is 1.48. The summed E-state index contributed by atoms with van der Waals surface area (Å²) in [7, 11) is 0. The van der Waals surface area contributed by atoms with Crippen LogP contribution in [0.1, 0.15) is 59.7 Å². The quantitative estimate of drug-likeness (QED) is 0.150. The number of unbranched alkanes of at least 4 members (excludes halogenated alkanes) is 4. The lowest BCUT2D eigenvalue weighted by Gasteiger charge is -2.11. The molecule has 0 saturated heterocycles. The van der Waals surface area contributed by atoms with Crippen LogP contribution in [0, 0.1) is 0 Å². The van der Waals surface area contributed by atoms with E-state index in [2.05, 4.69) is 6.92 Å². The lowest BCUT2D eigenvalue weighted by atomic mass is 10.2. The van der Waals surface area contributed by atoms with E-state index in [0.29, 0.717) is 23.7 Å². The van der Waals surface area contributed by atoms with Crippen molar-refractivity contribution in [3.8, 4) is 17.2 Å². The van der Waals surface area contributed by atoms with E-state index in [1.54, 1.807) is 48.5 Å². The van der Waals surface area contributed by atoms with Gasteiger partial charge < -0.3 is 18.9 Å². The molecule has 0 unspecified atom stereocenters. The fraction of sp³-hybridized carbons (Fsp3) is 0.310. The third-order valence-corrected chi connectivity index (χ3v) is 5.24. The van der Waals surface area contributed by atoms with Gasteiger partial charge in [0.2, 0.25) is 0 Å². The summed E-state index contributed by atoms with van der Waals surface area (Å²) in [6.07, 6.45) is 5.85. The fourth-order valence-corrected chi connectivity index (χ4v) is 3.35. The molecule has 0 atom stereocenters. The van der Waals surface area contributed by atoms with E-state index < -0.39 is 11.9 Å². The van der Waals surface area contributed by atoms with Crippen LogP contribution in [0.15, 0.2) is 78.9 Å². The number of carbonyl (C=O) groups is 2. The van der Waals surface area contributed by atoms with Crippen molar-refractivity contribution < 1.29 is 28.5 Å². The van der Waals surface area contributed by atoms with Gasteiger partial charge in [0.15, 0.2) is 0 Å². The maximum Gasteiger partial charge on any atom is 0.343 e. The Bertz CT molecular complexity index is 1050. The smallest absolute Gasteiger partial charge is 0.343 e. The Labute approximate surface area is 206 Å². The zero-order valence-corrected chi connectivity index (χ0v) is 20.1. The summed E-state index contributed by atoms with van der Waals surface area (Å²) in [5, 5.41) is 0. The Morgan fingerprint density at radius 1 is 0.629 bits per heavy atom. The summed E-state index contributed by atoms with van der Waals surface area (Å²) in [5.41, 5.74) is 0.531. The van der Waals surface area contributed by atoms with Crippen LogP contribution in [0.25, 0.3) is 0 Å². The third kappa shape index (κ3) is 8.81. The number of esters is 2. The maximum absolute atomic E-state index is 12.6. The number of benzene rings is 3. The summed E-state index contributed by atoms with van der Waals surface area (Å²) >= 11 is 0. The van der Waals surface area contributed by atoms with Gasteiger partial charge in [0.25, 0.3) is 0 Å². The van der Waals surface area contributed by atoms with Crippen molar-refractivity contribution in [3.05, 3.63) is 90.0 Å². The molecule has 35 heavy (non-hydrogen) atoms. The van der Waals surface area contributed by atoms with Gasteiger partial charge in [0.1, 0.15) is 36.0 Å². The highest BCUT2D eigenvalue weighted by Gasteiger charge is 2.17. The van der Waals surface area contributed by atoms with Crippen LogP contribution in [-0.2, 0) is 4.74 Å². The molecular weight excluding hydrogens is 444 g/mol. The number of ether oxygens (including phenoxy) is 4. The molecule has 0 fully saturated rings. The summed E-state index contributed by atoms with van der Waals surface area (Å²) in [6, 6.07) is 22.5. The van der Waals surface area contributed by atoms with Crippen molar-refractivity contribution in [2.75, 3.05) is 19.8 Å². The van der Waals surface area contributed by atoms with Gasteiger partial charge in [-0.05, 0) is 55.0 Å². The van der Waals surface area contributed by atoms with E-state index in [1.807, 2.05) is 30.3 Å². The molecule has 0 aromatic heterocycles. The van der Waals surface area contributed by atoms with Crippen molar-refractivity contribution in [3.63, 3.8) is 0 Å². The van der Waals surface area contributed by atoms with E-state index in [0.717, 1.165) is 12.8 Å². The van der Waals surface area contributed by atoms with Crippen molar-refractivity contribution in [1.29, 1.82) is 0 Å².